The van der Waals surface area contributed by atoms with Crippen molar-refractivity contribution in [3.8, 4) is 5.75 Å². The highest BCUT2D eigenvalue weighted by molar-refractivity contribution is 5.96. The summed E-state index contributed by atoms with van der Waals surface area (Å²) in [6.07, 6.45) is 1.51. The van der Waals surface area contributed by atoms with Crippen molar-refractivity contribution in [2.75, 3.05) is 37.5 Å². The molecular formula is C21H26N3O3+. The number of ether oxygens (including phenoxy) is 1. The third-order valence-corrected chi connectivity index (χ3v) is 4.64. The Labute approximate surface area is 159 Å². The van der Waals surface area contributed by atoms with Crippen molar-refractivity contribution in [3.63, 3.8) is 0 Å². The van der Waals surface area contributed by atoms with E-state index in [1.807, 2.05) is 55.6 Å². The third kappa shape index (κ3) is 5.08. The van der Waals surface area contributed by atoms with Gasteiger partial charge in [0.25, 0.3) is 5.91 Å². The number of amides is 2. The molecular weight excluding hydrogens is 342 g/mol. The Balaban J connectivity index is 1.51. The summed E-state index contributed by atoms with van der Waals surface area (Å²) in [7, 11) is 3.63. The molecule has 0 aromatic heterocycles. The summed E-state index contributed by atoms with van der Waals surface area (Å²) in [4.78, 5) is 27.0. The number of carbonyl (C=O) groups excluding carboxylic acids is 2. The highest BCUT2D eigenvalue weighted by atomic mass is 16.5. The first-order valence-corrected chi connectivity index (χ1v) is 9.19. The van der Waals surface area contributed by atoms with Gasteiger partial charge in [-0.3, -0.25) is 9.59 Å². The SMILES string of the molecule is COc1cccc(C[NH+](C)CC(=O)Nc2ccc(N3CCCC3=O)cc2)c1. The van der Waals surface area contributed by atoms with Crippen LogP contribution in [0.15, 0.2) is 48.5 Å². The van der Waals surface area contributed by atoms with Gasteiger partial charge in [-0.2, -0.15) is 0 Å². The lowest BCUT2D eigenvalue weighted by molar-refractivity contribution is -0.885. The minimum Gasteiger partial charge on any atom is -0.497 e. The van der Waals surface area contributed by atoms with E-state index in [0.717, 1.165) is 47.1 Å². The van der Waals surface area contributed by atoms with Crippen molar-refractivity contribution < 1.29 is 19.2 Å². The molecule has 3 rings (SSSR count). The van der Waals surface area contributed by atoms with Crippen LogP contribution in [0.2, 0.25) is 0 Å². The van der Waals surface area contributed by atoms with Crippen LogP contribution in [0.4, 0.5) is 11.4 Å². The van der Waals surface area contributed by atoms with E-state index in [0.29, 0.717) is 13.0 Å². The van der Waals surface area contributed by atoms with Crippen molar-refractivity contribution in [1.82, 2.24) is 0 Å². The summed E-state index contributed by atoms with van der Waals surface area (Å²) in [5.41, 5.74) is 2.75. The van der Waals surface area contributed by atoms with Crippen LogP contribution in [0.1, 0.15) is 18.4 Å². The first-order valence-electron chi connectivity index (χ1n) is 9.19. The second-order valence-electron chi connectivity index (χ2n) is 6.91. The molecule has 1 heterocycles. The minimum absolute atomic E-state index is 0.0413. The monoisotopic (exact) mass is 368 g/mol. The summed E-state index contributed by atoms with van der Waals surface area (Å²) < 4.78 is 5.24. The zero-order valence-corrected chi connectivity index (χ0v) is 15.8. The fourth-order valence-corrected chi connectivity index (χ4v) is 3.32. The molecule has 0 radical (unpaired) electrons. The molecule has 2 aromatic rings. The Kier molecular flexibility index (Phi) is 6.08. The molecule has 0 bridgehead atoms. The smallest absolute Gasteiger partial charge is 0.279 e. The number of methoxy groups -OCH3 is 1. The Hall–Kier alpha value is -2.86. The molecule has 1 atom stereocenters. The highest BCUT2D eigenvalue weighted by Gasteiger charge is 2.21. The number of carbonyl (C=O) groups is 2. The molecule has 1 saturated heterocycles. The number of rotatable bonds is 7. The van der Waals surface area contributed by atoms with E-state index in [2.05, 4.69) is 5.32 Å². The van der Waals surface area contributed by atoms with E-state index in [4.69, 9.17) is 4.74 Å². The van der Waals surface area contributed by atoms with Gasteiger partial charge in [-0.15, -0.1) is 0 Å². The number of nitrogens with one attached hydrogen (secondary N) is 2. The van der Waals surface area contributed by atoms with Crippen LogP contribution in [-0.4, -0.2) is 39.1 Å². The first-order chi connectivity index (χ1) is 13.0. The summed E-state index contributed by atoms with van der Waals surface area (Å²) in [5.74, 6) is 0.941. The molecule has 2 amide bonds. The Morgan fingerprint density at radius 1 is 1.22 bits per heavy atom. The topological polar surface area (TPSA) is 63.1 Å². The minimum atomic E-state index is -0.0413. The predicted molar refractivity (Wildman–Crippen MR) is 105 cm³/mol. The van der Waals surface area contributed by atoms with Crippen molar-refractivity contribution in [3.05, 3.63) is 54.1 Å². The maximum atomic E-state index is 12.3. The molecule has 1 fully saturated rings. The molecule has 0 aliphatic carbocycles. The van der Waals surface area contributed by atoms with E-state index in [1.54, 1.807) is 12.0 Å². The molecule has 142 valence electrons. The van der Waals surface area contributed by atoms with Gasteiger partial charge >= 0.3 is 0 Å². The number of hydrogen-bond acceptors (Lipinski definition) is 3. The molecule has 0 saturated carbocycles. The highest BCUT2D eigenvalue weighted by Crippen LogP contribution is 2.22. The van der Waals surface area contributed by atoms with Crippen LogP contribution >= 0.6 is 0 Å². The van der Waals surface area contributed by atoms with Gasteiger partial charge in [0.15, 0.2) is 6.54 Å². The van der Waals surface area contributed by atoms with E-state index in [9.17, 15) is 9.59 Å². The number of hydrogen-bond donors (Lipinski definition) is 2. The summed E-state index contributed by atoms with van der Waals surface area (Å²) in [6.45, 7) is 1.87. The van der Waals surface area contributed by atoms with E-state index in [-0.39, 0.29) is 11.8 Å². The van der Waals surface area contributed by atoms with Gasteiger partial charge in [0, 0.05) is 29.9 Å². The lowest BCUT2D eigenvalue weighted by Gasteiger charge is -2.17. The molecule has 6 nitrogen and oxygen atoms in total. The van der Waals surface area contributed by atoms with E-state index < -0.39 is 0 Å². The molecule has 1 aliphatic rings. The Bertz CT molecular complexity index is 805. The average Bonchev–Trinajstić information content (AvgIpc) is 3.08. The first kappa shape index (κ1) is 18.9. The van der Waals surface area contributed by atoms with Crippen molar-refractivity contribution >= 4 is 23.2 Å². The zero-order valence-electron chi connectivity index (χ0n) is 15.8. The van der Waals surface area contributed by atoms with Crippen LogP contribution in [0.3, 0.4) is 0 Å². The van der Waals surface area contributed by atoms with Crippen molar-refractivity contribution in [1.29, 1.82) is 0 Å². The Morgan fingerprint density at radius 3 is 2.67 bits per heavy atom. The average molecular weight is 368 g/mol. The summed E-state index contributed by atoms with van der Waals surface area (Å²) >= 11 is 0. The number of anilines is 2. The number of benzene rings is 2. The lowest BCUT2D eigenvalue weighted by Crippen LogP contribution is -3.08. The van der Waals surface area contributed by atoms with Crippen LogP contribution in [0, 0.1) is 0 Å². The largest absolute Gasteiger partial charge is 0.497 e. The molecule has 1 unspecified atom stereocenters. The van der Waals surface area contributed by atoms with Gasteiger partial charge in [-0.05, 0) is 42.8 Å². The lowest BCUT2D eigenvalue weighted by atomic mass is 10.2. The standard InChI is InChI=1S/C21H25N3O3/c1-23(14-16-5-3-6-19(13-16)27-2)15-20(25)22-17-8-10-18(11-9-17)24-12-4-7-21(24)26/h3,5-6,8-11,13H,4,7,12,14-15H2,1-2H3,(H,22,25)/p+1. The van der Waals surface area contributed by atoms with Crippen LogP contribution in [0.25, 0.3) is 0 Å². The van der Waals surface area contributed by atoms with Gasteiger partial charge in [0.05, 0.1) is 14.2 Å². The quantitative estimate of drug-likeness (QED) is 0.778. The second-order valence-corrected chi connectivity index (χ2v) is 6.91. The fourth-order valence-electron chi connectivity index (χ4n) is 3.32. The summed E-state index contributed by atoms with van der Waals surface area (Å²) in [5, 5.41) is 2.92. The predicted octanol–water partition coefficient (Wildman–Crippen LogP) is 1.48. The second kappa shape index (κ2) is 8.68. The van der Waals surface area contributed by atoms with Gasteiger partial charge in [-0.25, -0.2) is 0 Å². The molecule has 0 spiro atoms. The van der Waals surface area contributed by atoms with Crippen LogP contribution in [0.5, 0.6) is 5.75 Å². The third-order valence-electron chi connectivity index (χ3n) is 4.64. The maximum absolute atomic E-state index is 12.3. The van der Waals surface area contributed by atoms with E-state index in [1.165, 1.54) is 0 Å². The fraction of sp³-hybridized carbons (Fsp3) is 0.333. The normalized spacial score (nSPS) is 14.9. The van der Waals surface area contributed by atoms with Gasteiger partial charge in [0.2, 0.25) is 5.91 Å². The zero-order chi connectivity index (χ0) is 19.2. The summed E-state index contributed by atoms with van der Waals surface area (Å²) in [6, 6.07) is 15.3. The van der Waals surface area contributed by atoms with Crippen molar-refractivity contribution in [2.45, 2.75) is 19.4 Å². The molecule has 1 aliphatic heterocycles. The van der Waals surface area contributed by atoms with Gasteiger partial charge in [-0.1, -0.05) is 12.1 Å². The molecule has 2 N–H and O–H groups in total. The molecule has 2 aromatic carbocycles. The maximum Gasteiger partial charge on any atom is 0.279 e. The van der Waals surface area contributed by atoms with Crippen molar-refractivity contribution in [2.24, 2.45) is 0 Å². The van der Waals surface area contributed by atoms with Gasteiger partial charge in [0.1, 0.15) is 12.3 Å². The number of quaternary nitrogens is 1. The number of likely N-dealkylation sites (N-methyl/N-ethyl adjacent to an activating group) is 1. The van der Waals surface area contributed by atoms with Crippen LogP contribution in [-0.2, 0) is 16.1 Å². The van der Waals surface area contributed by atoms with Crippen LogP contribution < -0.4 is 19.9 Å². The molecule has 6 heteroatoms. The van der Waals surface area contributed by atoms with E-state index >= 15 is 0 Å². The Morgan fingerprint density at radius 2 is 2.00 bits per heavy atom. The molecule has 27 heavy (non-hydrogen) atoms. The van der Waals surface area contributed by atoms with Gasteiger partial charge < -0.3 is 19.9 Å². The number of nitrogens with zero attached hydrogens (tertiary/aromatic N) is 1.